The molecule has 0 saturated carbocycles. The van der Waals surface area contributed by atoms with Crippen molar-refractivity contribution in [2.45, 2.75) is 38.9 Å². The molecule has 1 atom stereocenters. The molecule has 0 spiro atoms. The number of carbonyl (C=O) groups excluding carboxylic acids is 1. The molecule has 0 unspecified atom stereocenters. The summed E-state index contributed by atoms with van der Waals surface area (Å²) in [6.07, 6.45) is -2.78. The van der Waals surface area contributed by atoms with Crippen molar-refractivity contribution in [3.63, 3.8) is 0 Å². The quantitative estimate of drug-likeness (QED) is 0.640. The van der Waals surface area contributed by atoms with Gasteiger partial charge in [0.15, 0.2) is 5.82 Å². The molecule has 1 N–H and O–H groups in total. The van der Waals surface area contributed by atoms with Crippen LogP contribution in [0.15, 0.2) is 54.6 Å². The Hall–Kier alpha value is -3.16. The van der Waals surface area contributed by atoms with Gasteiger partial charge in [-0.3, -0.25) is 4.79 Å². The van der Waals surface area contributed by atoms with E-state index in [1.165, 1.54) is 16.8 Å². The third-order valence-corrected chi connectivity index (χ3v) is 4.36. The molecule has 3 aromatic rings. The molecule has 5 nitrogen and oxygen atoms in total. The van der Waals surface area contributed by atoms with Gasteiger partial charge in [-0.1, -0.05) is 49.7 Å². The van der Waals surface area contributed by atoms with E-state index in [2.05, 4.69) is 15.4 Å². The van der Waals surface area contributed by atoms with Crippen LogP contribution in [-0.4, -0.2) is 26.7 Å². The van der Waals surface area contributed by atoms with Crippen molar-refractivity contribution in [1.29, 1.82) is 0 Å². The standard InChI is InChI=1S/C21H21F3N4O/c1-3-8-14(2)25-20(29)18-26-19(15-9-5-4-6-10-15)28(27-18)17-12-7-11-16(13-17)21(22,23)24/h4-7,9-14H,3,8H2,1-2H3,(H,25,29)/t14-/m1/s1. The molecule has 29 heavy (non-hydrogen) atoms. The first kappa shape index (κ1) is 20.6. The number of nitrogens with zero attached hydrogens (tertiary/aromatic N) is 3. The Labute approximate surface area is 166 Å². The van der Waals surface area contributed by atoms with Crippen molar-refractivity contribution < 1.29 is 18.0 Å². The van der Waals surface area contributed by atoms with E-state index in [9.17, 15) is 18.0 Å². The highest BCUT2D eigenvalue weighted by molar-refractivity contribution is 5.91. The van der Waals surface area contributed by atoms with E-state index >= 15 is 0 Å². The fourth-order valence-electron chi connectivity index (χ4n) is 2.97. The fraction of sp³-hybridized carbons (Fsp3) is 0.286. The second-order valence-electron chi connectivity index (χ2n) is 6.75. The van der Waals surface area contributed by atoms with Crippen LogP contribution in [0.5, 0.6) is 0 Å². The SMILES string of the molecule is CCC[C@@H](C)NC(=O)c1nc(-c2ccccc2)n(-c2cccc(C(F)(F)F)c2)n1. The Morgan fingerprint density at radius 2 is 1.86 bits per heavy atom. The van der Waals surface area contributed by atoms with Crippen molar-refractivity contribution in [2.24, 2.45) is 0 Å². The summed E-state index contributed by atoms with van der Waals surface area (Å²) in [5.41, 5.74) is 0.0111. The molecule has 3 rings (SSSR count). The second-order valence-corrected chi connectivity index (χ2v) is 6.75. The average molecular weight is 402 g/mol. The summed E-state index contributed by atoms with van der Waals surface area (Å²) >= 11 is 0. The smallest absolute Gasteiger partial charge is 0.347 e. The molecule has 8 heteroatoms. The zero-order valence-electron chi connectivity index (χ0n) is 16.1. The van der Waals surface area contributed by atoms with Crippen LogP contribution in [0.1, 0.15) is 42.9 Å². The van der Waals surface area contributed by atoms with Crippen LogP contribution in [0.4, 0.5) is 13.2 Å². The highest BCUT2D eigenvalue weighted by atomic mass is 19.4. The number of amides is 1. The molecule has 0 aliphatic heterocycles. The molecule has 2 aromatic carbocycles. The van der Waals surface area contributed by atoms with E-state index in [1.807, 2.05) is 19.9 Å². The van der Waals surface area contributed by atoms with Gasteiger partial charge in [0, 0.05) is 11.6 Å². The van der Waals surface area contributed by atoms with Gasteiger partial charge in [0.1, 0.15) is 0 Å². The normalized spacial score (nSPS) is 12.6. The molecular weight excluding hydrogens is 381 g/mol. The first-order valence-corrected chi connectivity index (χ1v) is 9.30. The van der Waals surface area contributed by atoms with Crippen molar-refractivity contribution >= 4 is 5.91 Å². The first-order chi connectivity index (χ1) is 13.8. The van der Waals surface area contributed by atoms with Crippen molar-refractivity contribution in [3.8, 4) is 17.1 Å². The Morgan fingerprint density at radius 1 is 1.14 bits per heavy atom. The molecule has 0 aliphatic rings. The summed E-state index contributed by atoms with van der Waals surface area (Å²) in [6.45, 7) is 3.89. The average Bonchev–Trinajstić information content (AvgIpc) is 3.14. The van der Waals surface area contributed by atoms with Gasteiger partial charge in [-0.15, -0.1) is 5.10 Å². The van der Waals surface area contributed by atoms with Gasteiger partial charge in [0.05, 0.1) is 11.3 Å². The highest BCUT2D eigenvalue weighted by Gasteiger charge is 2.31. The molecule has 0 fully saturated rings. The van der Waals surface area contributed by atoms with Crippen molar-refractivity contribution in [1.82, 2.24) is 20.1 Å². The van der Waals surface area contributed by atoms with Crippen LogP contribution in [0.25, 0.3) is 17.1 Å². The fourth-order valence-corrected chi connectivity index (χ4v) is 2.97. The predicted molar refractivity (Wildman–Crippen MR) is 104 cm³/mol. The lowest BCUT2D eigenvalue weighted by atomic mass is 10.2. The van der Waals surface area contributed by atoms with Crippen LogP contribution in [0.2, 0.25) is 0 Å². The number of aromatic nitrogens is 3. The number of rotatable bonds is 6. The van der Waals surface area contributed by atoms with E-state index in [0.29, 0.717) is 11.4 Å². The minimum absolute atomic E-state index is 0.0619. The van der Waals surface area contributed by atoms with Gasteiger partial charge >= 0.3 is 6.18 Å². The lowest BCUT2D eigenvalue weighted by molar-refractivity contribution is -0.137. The largest absolute Gasteiger partial charge is 0.416 e. The van der Waals surface area contributed by atoms with E-state index in [-0.39, 0.29) is 17.6 Å². The van der Waals surface area contributed by atoms with Gasteiger partial charge in [0.25, 0.3) is 5.91 Å². The van der Waals surface area contributed by atoms with Crippen LogP contribution >= 0.6 is 0 Å². The molecule has 152 valence electrons. The number of halogens is 3. The maximum absolute atomic E-state index is 13.1. The third kappa shape index (κ3) is 4.82. The summed E-state index contributed by atoms with van der Waals surface area (Å²) in [5, 5.41) is 7.04. The van der Waals surface area contributed by atoms with E-state index in [4.69, 9.17) is 0 Å². The lowest BCUT2D eigenvalue weighted by Gasteiger charge is -2.11. The number of hydrogen-bond donors (Lipinski definition) is 1. The van der Waals surface area contributed by atoms with Crippen molar-refractivity contribution in [3.05, 3.63) is 66.0 Å². The van der Waals surface area contributed by atoms with E-state index in [1.54, 1.807) is 24.3 Å². The Kier molecular flexibility index (Phi) is 6.00. The van der Waals surface area contributed by atoms with Gasteiger partial charge < -0.3 is 5.32 Å². The van der Waals surface area contributed by atoms with Gasteiger partial charge in [-0.25, -0.2) is 9.67 Å². The van der Waals surface area contributed by atoms with Gasteiger partial charge in [-0.2, -0.15) is 13.2 Å². The topological polar surface area (TPSA) is 59.8 Å². The zero-order chi connectivity index (χ0) is 21.0. The molecule has 0 radical (unpaired) electrons. The third-order valence-electron chi connectivity index (χ3n) is 4.36. The number of hydrogen-bond acceptors (Lipinski definition) is 3. The number of alkyl halides is 3. The lowest BCUT2D eigenvalue weighted by Crippen LogP contribution is -2.33. The summed E-state index contributed by atoms with van der Waals surface area (Å²) in [6, 6.07) is 13.6. The van der Waals surface area contributed by atoms with Crippen LogP contribution in [0.3, 0.4) is 0 Å². The Bertz CT molecular complexity index is 983. The molecule has 0 saturated heterocycles. The zero-order valence-corrected chi connectivity index (χ0v) is 16.1. The van der Waals surface area contributed by atoms with Crippen LogP contribution < -0.4 is 5.32 Å². The summed E-state index contributed by atoms with van der Waals surface area (Å²) in [4.78, 5) is 16.9. The first-order valence-electron chi connectivity index (χ1n) is 9.30. The van der Waals surface area contributed by atoms with Gasteiger partial charge in [-0.05, 0) is 31.5 Å². The molecule has 0 bridgehead atoms. The predicted octanol–water partition coefficient (Wildman–Crippen LogP) is 4.87. The van der Waals surface area contributed by atoms with E-state index < -0.39 is 17.6 Å². The molecule has 0 aliphatic carbocycles. The molecule has 1 aromatic heterocycles. The maximum Gasteiger partial charge on any atom is 0.416 e. The van der Waals surface area contributed by atoms with Crippen LogP contribution in [0, 0.1) is 0 Å². The Morgan fingerprint density at radius 3 is 2.52 bits per heavy atom. The Balaban J connectivity index is 2.06. The number of carbonyl (C=O) groups is 1. The second kappa shape index (κ2) is 8.46. The summed E-state index contributed by atoms with van der Waals surface area (Å²) in [5.74, 6) is -0.267. The molecule has 1 heterocycles. The number of nitrogens with one attached hydrogen (secondary N) is 1. The minimum atomic E-state index is -4.49. The highest BCUT2D eigenvalue weighted by Crippen LogP contribution is 2.31. The van der Waals surface area contributed by atoms with Gasteiger partial charge in [0.2, 0.25) is 5.82 Å². The summed E-state index contributed by atoms with van der Waals surface area (Å²) < 4.78 is 40.7. The van der Waals surface area contributed by atoms with Crippen molar-refractivity contribution in [2.75, 3.05) is 0 Å². The molecule has 1 amide bonds. The van der Waals surface area contributed by atoms with Crippen LogP contribution in [-0.2, 0) is 6.18 Å². The maximum atomic E-state index is 13.1. The molecular formula is C21H21F3N4O. The monoisotopic (exact) mass is 402 g/mol. The minimum Gasteiger partial charge on any atom is -0.347 e. The number of benzene rings is 2. The summed E-state index contributed by atoms with van der Waals surface area (Å²) in [7, 11) is 0. The van der Waals surface area contributed by atoms with E-state index in [0.717, 1.165) is 25.0 Å².